The SMILES string of the molecule is COC(=O)c1ccc(COC(=O)[C@@H](NC(=O)c2ccco2)C(C)C)cc1. The molecule has 26 heavy (non-hydrogen) atoms. The van der Waals surface area contributed by atoms with Crippen molar-refractivity contribution in [2.45, 2.75) is 26.5 Å². The number of amides is 1. The number of hydrogen-bond donors (Lipinski definition) is 1. The smallest absolute Gasteiger partial charge is 0.337 e. The van der Waals surface area contributed by atoms with Crippen LogP contribution >= 0.6 is 0 Å². The number of nitrogens with one attached hydrogen (secondary N) is 1. The van der Waals surface area contributed by atoms with Gasteiger partial charge in [-0.25, -0.2) is 9.59 Å². The minimum atomic E-state index is -0.804. The van der Waals surface area contributed by atoms with E-state index in [1.807, 2.05) is 0 Å². The van der Waals surface area contributed by atoms with Gasteiger partial charge in [-0.05, 0) is 35.7 Å². The van der Waals surface area contributed by atoms with E-state index in [0.717, 1.165) is 0 Å². The number of benzene rings is 1. The Balaban J connectivity index is 1.95. The number of ether oxygens (including phenoxy) is 2. The van der Waals surface area contributed by atoms with Gasteiger partial charge in [-0.15, -0.1) is 0 Å². The van der Waals surface area contributed by atoms with E-state index in [1.165, 1.54) is 19.4 Å². The van der Waals surface area contributed by atoms with E-state index in [9.17, 15) is 14.4 Å². The summed E-state index contributed by atoms with van der Waals surface area (Å²) >= 11 is 0. The molecule has 1 heterocycles. The number of hydrogen-bond acceptors (Lipinski definition) is 6. The molecule has 0 radical (unpaired) electrons. The zero-order chi connectivity index (χ0) is 19.1. The minimum Gasteiger partial charge on any atom is -0.465 e. The maximum Gasteiger partial charge on any atom is 0.337 e. The van der Waals surface area contributed by atoms with Crippen molar-refractivity contribution in [1.29, 1.82) is 0 Å². The summed E-state index contributed by atoms with van der Waals surface area (Å²) in [6, 6.07) is 8.83. The standard InChI is InChI=1S/C19H21NO6/c1-12(2)16(20-17(21)15-5-4-10-25-15)19(23)26-11-13-6-8-14(9-7-13)18(22)24-3/h4-10,12,16H,11H2,1-3H3,(H,20,21)/t16-/m0/s1. The summed E-state index contributed by atoms with van der Waals surface area (Å²) in [5.41, 5.74) is 1.12. The third-order valence-corrected chi connectivity index (χ3v) is 3.71. The van der Waals surface area contributed by atoms with Gasteiger partial charge in [0.2, 0.25) is 0 Å². The summed E-state index contributed by atoms with van der Waals surface area (Å²) < 4.78 is 14.9. The molecule has 1 amide bonds. The average molecular weight is 359 g/mol. The minimum absolute atomic E-state index is 0.0279. The molecular formula is C19H21NO6. The van der Waals surface area contributed by atoms with Crippen LogP contribution in [0, 0.1) is 5.92 Å². The number of carbonyl (C=O) groups is 3. The Bertz CT molecular complexity index is 749. The van der Waals surface area contributed by atoms with Gasteiger partial charge in [0, 0.05) is 0 Å². The predicted octanol–water partition coefficient (Wildman–Crippen LogP) is 2.56. The predicted molar refractivity (Wildman–Crippen MR) is 92.4 cm³/mol. The largest absolute Gasteiger partial charge is 0.465 e. The van der Waals surface area contributed by atoms with Crippen LogP contribution in [-0.4, -0.2) is 31.0 Å². The first-order valence-corrected chi connectivity index (χ1v) is 8.10. The number of methoxy groups -OCH3 is 1. The molecule has 0 bridgehead atoms. The molecule has 0 fully saturated rings. The highest BCUT2D eigenvalue weighted by Crippen LogP contribution is 2.11. The molecule has 0 aliphatic rings. The van der Waals surface area contributed by atoms with Crippen LogP contribution < -0.4 is 5.32 Å². The van der Waals surface area contributed by atoms with Crippen LogP contribution in [0.2, 0.25) is 0 Å². The first-order valence-electron chi connectivity index (χ1n) is 8.10. The van der Waals surface area contributed by atoms with Crippen molar-refractivity contribution in [2.75, 3.05) is 7.11 Å². The lowest BCUT2D eigenvalue weighted by molar-refractivity contribution is -0.148. The van der Waals surface area contributed by atoms with Gasteiger partial charge in [-0.1, -0.05) is 26.0 Å². The Morgan fingerprint density at radius 2 is 1.81 bits per heavy atom. The fourth-order valence-corrected chi connectivity index (χ4v) is 2.22. The second kappa shape index (κ2) is 8.84. The van der Waals surface area contributed by atoms with Crippen molar-refractivity contribution in [3.05, 3.63) is 59.5 Å². The first kappa shape index (κ1) is 19.2. The molecule has 1 aromatic heterocycles. The van der Waals surface area contributed by atoms with Gasteiger partial charge in [-0.3, -0.25) is 4.79 Å². The molecular weight excluding hydrogens is 338 g/mol. The molecule has 1 atom stereocenters. The van der Waals surface area contributed by atoms with E-state index >= 15 is 0 Å². The topological polar surface area (TPSA) is 94.8 Å². The first-order chi connectivity index (χ1) is 12.4. The number of rotatable bonds is 7. The maximum atomic E-state index is 12.3. The lowest BCUT2D eigenvalue weighted by Crippen LogP contribution is -2.45. The molecule has 0 unspecified atom stereocenters. The van der Waals surface area contributed by atoms with Crippen LogP contribution in [-0.2, 0) is 20.9 Å². The summed E-state index contributed by atoms with van der Waals surface area (Å²) in [5.74, 6) is -1.50. The fourth-order valence-electron chi connectivity index (χ4n) is 2.22. The zero-order valence-electron chi connectivity index (χ0n) is 14.9. The highest BCUT2D eigenvalue weighted by molar-refractivity contribution is 5.94. The van der Waals surface area contributed by atoms with Crippen molar-refractivity contribution in [3.63, 3.8) is 0 Å². The number of carbonyl (C=O) groups excluding carboxylic acids is 3. The van der Waals surface area contributed by atoms with Crippen LogP contribution in [0.25, 0.3) is 0 Å². The maximum absolute atomic E-state index is 12.3. The lowest BCUT2D eigenvalue weighted by atomic mass is 10.0. The molecule has 138 valence electrons. The molecule has 1 aromatic carbocycles. The summed E-state index contributed by atoms with van der Waals surface area (Å²) in [4.78, 5) is 35.8. The zero-order valence-corrected chi connectivity index (χ0v) is 14.9. The van der Waals surface area contributed by atoms with E-state index in [0.29, 0.717) is 11.1 Å². The molecule has 2 rings (SSSR count). The Morgan fingerprint density at radius 3 is 2.35 bits per heavy atom. The van der Waals surface area contributed by atoms with Gasteiger partial charge in [0.25, 0.3) is 5.91 Å². The normalized spacial score (nSPS) is 11.7. The molecule has 1 N–H and O–H groups in total. The van der Waals surface area contributed by atoms with E-state index in [1.54, 1.807) is 44.2 Å². The van der Waals surface area contributed by atoms with Crippen LogP contribution in [0.3, 0.4) is 0 Å². The third kappa shape index (κ3) is 4.95. The lowest BCUT2D eigenvalue weighted by Gasteiger charge is -2.20. The van der Waals surface area contributed by atoms with Gasteiger partial charge < -0.3 is 19.2 Å². The number of furan rings is 1. The van der Waals surface area contributed by atoms with Crippen LogP contribution in [0.1, 0.15) is 40.3 Å². The quantitative estimate of drug-likeness (QED) is 0.764. The van der Waals surface area contributed by atoms with Crippen molar-refractivity contribution in [3.8, 4) is 0 Å². The van der Waals surface area contributed by atoms with Crippen LogP contribution in [0.5, 0.6) is 0 Å². The van der Waals surface area contributed by atoms with Gasteiger partial charge in [0.05, 0.1) is 18.9 Å². The summed E-state index contributed by atoms with van der Waals surface area (Å²) in [6.07, 6.45) is 1.38. The van der Waals surface area contributed by atoms with E-state index in [-0.39, 0.29) is 18.3 Å². The second-order valence-corrected chi connectivity index (χ2v) is 5.97. The molecule has 0 saturated heterocycles. The molecule has 0 spiro atoms. The monoisotopic (exact) mass is 359 g/mol. The molecule has 0 aliphatic heterocycles. The van der Waals surface area contributed by atoms with Crippen LogP contribution in [0.4, 0.5) is 0 Å². The molecule has 2 aromatic rings. The Hall–Kier alpha value is -3.09. The van der Waals surface area contributed by atoms with Crippen molar-refractivity contribution in [2.24, 2.45) is 5.92 Å². The van der Waals surface area contributed by atoms with E-state index in [2.05, 4.69) is 10.1 Å². The van der Waals surface area contributed by atoms with Crippen molar-refractivity contribution >= 4 is 17.8 Å². The Kier molecular flexibility index (Phi) is 6.54. The van der Waals surface area contributed by atoms with E-state index in [4.69, 9.17) is 9.15 Å². The Morgan fingerprint density at radius 1 is 1.12 bits per heavy atom. The van der Waals surface area contributed by atoms with Crippen molar-refractivity contribution < 1.29 is 28.3 Å². The average Bonchev–Trinajstić information content (AvgIpc) is 3.18. The molecule has 0 saturated carbocycles. The molecule has 7 heteroatoms. The summed E-state index contributed by atoms with van der Waals surface area (Å²) in [7, 11) is 1.31. The van der Waals surface area contributed by atoms with Gasteiger partial charge >= 0.3 is 11.9 Å². The summed E-state index contributed by atoms with van der Waals surface area (Å²) in [5, 5.41) is 2.62. The van der Waals surface area contributed by atoms with Crippen LogP contribution in [0.15, 0.2) is 47.1 Å². The molecule has 7 nitrogen and oxygen atoms in total. The van der Waals surface area contributed by atoms with Gasteiger partial charge in [0.1, 0.15) is 12.6 Å². The second-order valence-electron chi connectivity index (χ2n) is 5.97. The number of esters is 2. The molecule has 0 aliphatic carbocycles. The highest BCUT2D eigenvalue weighted by atomic mass is 16.5. The third-order valence-electron chi connectivity index (χ3n) is 3.71. The van der Waals surface area contributed by atoms with E-state index < -0.39 is 23.9 Å². The van der Waals surface area contributed by atoms with Gasteiger partial charge in [-0.2, -0.15) is 0 Å². The van der Waals surface area contributed by atoms with Crippen molar-refractivity contribution in [1.82, 2.24) is 5.32 Å². The highest BCUT2D eigenvalue weighted by Gasteiger charge is 2.27. The van der Waals surface area contributed by atoms with Gasteiger partial charge in [0.15, 0.2) is 5.76 Å². The Labute approximate surface area is 151 Å². The fraction of sp³-hybridized carbons (Fsp3) is 0.316. The summed E-state index contributed by atoms with van der Waals surface area (Å²) in [6.45, 7) is 3.64.